The Morgan fingerprint density at radius 3 is 2.81 bits per heavy atom. The minimum atomic E-state index is -4.44. The normalized spacial score (nSPS) is 11.2. The van der Waals surface area contributed by atoms with Crippen LogP contribution in [-0.4, -0.2) is 27.8 Å². The second kappa shape index (κ2) is 6.25. The molecule has 112 valence electrons. The van der Waals surface area contributed by atoms with Gasteiger partial charge in [0.1, 0.15) is 12.2 Å². The number of anilines is 1. The number of rotatable bonds is 4. The Morgan fingerprint density at radius 2 is 2.14 bits per heavy atom. The summed E-state index contributed by atoms with van der Waals surface area (Å²) in [6.45, 7) is 0.278. The number of benzene rings is 1. The van der Waals surface area contributed by atoms with Gasteiger partial charge in [0.25, 0.3) is 0 Å². The van der Waals surface area contributed by atoms with E-state index in [0.717, 1.165) is 12.1 Å². The summed E-state index contributed by atoms with van der Waals surface area (Å²) in [4.78, 5) is 15.4. The summed E-state index contributed by atoms with van der Waals surface area (Å²) in [5, 5.41) is 11.1. The number of halogens is 3. The summed E-state index contributed by atoms with van der Waals surface area (Å²) in [5.41, 5.74) is -0.746. The maximum atomic E-state index is 12.5. The van der Waals surface area contributed by atoms with E-state index >= 15 is 0 Å². The third kappa shape index (κ3) is 4.48. The maximum absolute atomic E-state index is 12.5. The number of nitrogens with one attached hydrogen (secondary N) is 3. The molecule has 21 heavy (non-hydrogen) atoms. The standard InChI is InChI=1S/C12H12F3N5O/c13-12(14,15)8-2-1-3-9(6-8)19-11(21)16-5-4-10-17-7-18-20-10/h1-3,6-7H,4-5H2,(H2,16,19,21)(H,17,18,20). The average Bonchev–Trinajstić information content (AvgIpc) is 2.91. The molecular weight excluding hydrogens is 287 g/mol. The predicted molar refractivity (Wildman–Crippen MR) is 68.6 cm³/mol. The van der Waals surface area contributed by atoms with Crippen LogP contribution >= 0.6 is 0 Å². The molecule has 0 saturated carbocycles. The second-order valence-corrected chi connectivity index (χ2v) is 4.14. The molecule has 0 bridgehead atoms. The highest BCUT2D eigenvalue weighted by molar-refractivity contribution is 5.89. The number of carbonyl (C=O) groups is 1. The van der Waals surface area contributed by atoms with Gasteiger partial charge in [-0.05, 0) is 18.2 Å². The molecule has 0 spiro atoms. The van der Waals surface area contributed by atoms with E-state index in [1.807, 2.05) is 0 Å². The minimum Gasteiger partial charge on any atom is -0.337 e. The summed E-state index contributed by atoms with van der Waals surface area (Å²) in [6, 6.07) is 3.83. The van der Waals surface area contributed by atoms with Crippen LogP contribution in [0.5, 0.6) is 0 Å². The van der Waals surface area contributed by atoms with Gasteiger partial charge in [-0.25, -0.2) is 9.78 Å². The molecule has 6 nitrogen and oxygen atoms in total. The van der Waals surface area contributed by atoms with Crippen LogP contribution in [0.3, 0.4) is 0 Å². The van der Waals surface area contributed by atoms with Crippen molar-refractivity contribution in [1.82, 2.24) is 20.5 Å². The first kappa shape index (κ1) is 14.8. The van der Waals surface area contributed by atoms with Gasteiger partial charge in [-0.1, -0.05) is 6.07 Å². The number of aromatic amines is 1. The van der Waals surface area contributed by atoms with Crippen LogP contribution in [0.4, 0.5) is 23.7 Å². The first-order valence-electron chi connectivity index (χ1n) is 6.01. The molecule has 0 aliphatic heterocycles. The summed E-state index contributed by atoms with van der Waals surface area (Å²) in [7, 11) is 0. The SMILES string of the molecule is O=C(NCCc1ncn[nH]1)Nc1cccc(C(F)(F)F)c1. The van der Waals surface area contributed by atoms with Crippen molar-refractivity contribution in [3.05, 3.63) is 42.0 Å². The van der Waals surface area contributed by atoms with E-state index < -0.39 is 17.8 Å². The van der Waals surface area contributed by atoms with Crippen LogP contribution in [0.2, 0.25) is 0 Å². The molecule has 2 rings (SSSR count). The monoisotopic (exact) mass is 299 g/mol. The van der Waals surface area contributed by atoms with E-state index in [-0.39, 0.29) is 12.2 Å². The lowest BCUT2D eigenvalue weighted by atomic mass is 10.2. The van der Waals surface area contributed by atoms with Gasteiger partial charge in [-0.2, -0.15) is 18.3 Å². The molecule has 0 atom stereocenters. The van der Waals surface area contributed by atoms with E-state index in [4.69, 9.17) is 0 Å². The van der Waals surface area contributed by atoms with E-state index in [1.165, 1.54) is 18.5 Å². The molecule has 9 heteroatoms. The zero-order chi connectivity index (χ0) is 15.3. The lowest BCUT2D eigenvalue weighted by Crippen LogP contribution is -2.30. The molecule has 1 aromatic carbocycles. The summed E-state index contributed by atoms with van der Waals surface area (Å²) in [5.74, 6) is 0.606. The molecule has 2 aromatic rings. The smallest absolute Gasteiger partial charge is 0.337 e. The van der Waals surface area contributed by atoms with Crippen molar-refractivity contribution in [1.29, 1.82) is 0 Å². The quantitative estimate of drug-likeness (QED) is 0.809. The van der Waals surface area contributed by atoms with Crippen molar-refractivity contribution in [2.24, 2.45) is 0 Å². The van der Waals surface area contributed by atoms with Gasteiger partial charge in [-0.3, -0.25) is 5.10 Å². The fraction of sp³-hybridized carbons (Fsp3) is 0.250. The summed E-state index contributed by atoms with van der Waals surface area (Å²) < 4.78 is 37.6. The maximum Gasteiger partial charge on any atom is 0.416 e. The molecular formula is C12H12F3N5O. The molecule has 0 fully saturated rings. The molecule has 0 aliphatic rings. The average molecular weight is 299 g/mol. The Kier molecular flexibility index (Phi) is 4.41. The van der Waals surface area contributed by atoms with Crippen molar-refractivity contribution in [3.63, 3.8) is 0 Å². The largest absolute Gasteiger partial charge is 0.416 e. The lowest BCUT2D eigenvalue weighted by Gasteiger charge is -2.10. The Bertz CT molecular complexity index is 597. The Labute approximate surface area is 117 Å². The third-order valence-electron chi connectivity index (χ3n) is 2.56. The van der Waals surface area contributed by atoms with E-state index in [0.29, 0.717) is 12.2 Å². The van der Waals surface area contributed by atoms with Gasteiger partial charge in [-0.15, -0.1) is 0 Å². The van der Waals surface area contributed by atoms with Gasteiger partial charge in [0.05, 0.1) is 5.56 Å². The second-order valence-electron chi connectivity index (χ2n) is 4.14. The van der Waals surface area contributed by atoms with E-state index in [2.05, 4.69) is 25.8 Å². The number of alkyl halides is 3. The number of amides is 2. The van der Waals surface area contributed by atoms with Crippen LogP contribution < -0.4 is 10.6 Å². The molecule has 0 saturated heterocycles. The van der Waals surface area contributed by atoms with Crippen LogP contribution in [0, 0.1) is 0 Å². The third-order valence-corrected chi connectivity index (χ3v) is 2.56. The van der Waals surface area contributed by atoms with Crippen LogP contribution in [-0.2, 0) is 12.6 Å². The summed E-state index contributed by atoms with van der Waals surface area (Å²) in [6.07, 6.45) is -2.66. The molecule has 2 amide bonds. The zero-order valence-electron chi connectivity index (χ0n) is 10.7. The first-order valence-corrected chi connectivity index (χ1v) is 6.01. The minimum absolute atomic E-state index is 0.0713. The highest BCUT2D eigenvalue weighted by Gasteiger charge is 2.30. The number of hydrogen-bond acceptors (Lipinski definition) is 3. The highest BCUT2D eigenvalue weighted by atomic mass is 19.4. The summed E-state index contributed by atoms with van der Waals surface area (Å²) >= 11 is 0. The van der Waals surface area contributed by atoms with Crippen molar-refractivity contribution >= 4 is 11.7 Å². The van der Waals surface area contributed by atoms with Gasteiger partial charge in [0.2, 0.25) is 0 Å². The predicted octanol–water partition coefficient (Wildman–Crippen LogP) is 2.19. The lowest BCUT2D eigenvalue weighted by molar-refractivity contribution is -0.137. The van der Waals surface area contributed by atoms with Gasteiger partial charge in [0, 0.05) is 18.7 Å². The van der Waals surface area contributed by atoms with E-state index in [1.54, 1.807) is 0 Å². The van der Waals surface area contributed by atoms with Gasteiger partial charge in [0.15, 0.2) is 0 Å². The number of H-pyrrole nitrogens is 1. The molecule has 0 unspecified atom stereocenters. The molecule has 3 N–H and O–H groups in total. The van der Waals surface area contributed by atoms with Crippen molar-refractivity contribution in [2.45, 2.75) is 12.6 Å². The number of hydrogen-bond donors (Lipinski definition) is 3. The topological polar surface area (TPSA) is 82.7 Å². The Morgan fingerprint density at radius 1 is 1.33 bits per heavy atom. The first-order chi connectivity index (χ1) is 9.95. The van der Waals surface area contributed by atoms with Crippen molar-refractivity contribution in [2.75, 3.05) is 11.9 Å². The van der Waals surface area contributed by atoms with Crippen LogP contribution in [0.15, 0.2) is 30.6 Å². The number of nitrogens with zero attached hydrogens (tertiary/aromatic N) is 2. The highest BCUT2D eigenvalue weighted by Crippen LogP contribution is 2.30. The Balaban J connectivity index is 1.85. The molecule has 1 heterocycles. The fourth-order valence-corrected chi connectivity index (χ4v) is 1.59. The van der Waals surface area contributed by atoms with Crippen molar-refractivity contribution in [3.8, 4) is 0 Å². The van der Waals surface area contributed by atoms with Gasteiger partial charge < -0.3 is 10.6 Å². The van der Waals surface area contributed by atoms with Crippen LogP contribution in [0.25, 0.3) is 0 Å². The number of aromatic nitrogens is 3. The molecule has 1 aromatic heterocycles. The zero-order valence-corrected chi connectivity index (χ0v) is 10.7. The number of urea groups is 1. The van der Waals surface area contributed by atoms with Crippen molar-refractivity contribution < 1.29 is 18.0 Å². The number of carbonyl (C=O) groups excluding carboxylic acids is 1. The molecule has 0 aliphatic carbocycles. The fourth-order valence-electron chi connectivity index (χ4n) is 1.59. The van der Waals surface area contributed by atoms with E-state index in [9.17, 15) is 18.0 Å². The van der Waals surface area contributed by atoms with Crippen LogP contribution in [0.1, 0.15) is 11.4 Å². The van der Waals surface area contributed by atoms with Gasteiger partial charge >= 0.3 is 12.2 Å². The molecule has 0 radical (unpaired) electrons. The Hall–Kier alpha value is -2.58.